The fourth-order valence-electron chi connectivity index (χ4n) is 3.70. The second kappa shape index (κ2) is 10.8. The SMILES string of the molecule is O=C(NO)c1ccc(CNC(=O)c2ccc(C(=O)c3ccccc3)n2Cc2cccc(Cl)c2)cc1. The molecule has 2 amide bonds. The lowest BCUT2D eigenvalue weighted by atomic mass is 10.1. The molecule has 8 heteroatoms. The van der Waals surface area contributed by atoms with Crippen molar-refractivity contribution in [1.29, 1.82) is 0 Å². The first kappa shape index (κ1) is 23.9. The number of benzene rings is 3. The summed E-state index contributed by atoms with van der Waals surface area (Å²) in [5, 5.41) is 12.2. The minimum atomic E-state index is -0.616. The van der Waals surface area contributed by atoms with Crippen molar-refractivity contribution in [3.8, 4) is 0 Å². The first-order chi connectivity index (χ1) is 17.0. The molecule has 0 saturated carbocycles. The number of nitrogens with one attached hydrogen (secondary N) is 2. The third-order valence-electron chi connectivity index (χ3n) is 5.48. The van der Waals surface area contributed by atoms with Gasteiger partial charge in [-0.15, -0.1) is 0 Å². The minimum Gasteiger partial charge on any atom is -0.347 e. The van der Waals surface area contributed by atoms with Crippen LogP contribution in [-0.4, -0.2) is 27.4 Å². The number of hydrogen-bond acceptors (Lipinski definition) is 4. The summed E-state index contributed by atoms with van der Waals surface area (Å²) in [7, 11) is 0. The number of carbonyl (C=O) groups excluding carboxylic acids is 3. The molecule has 0 aliphatic carbocycles. The number of ketones is 1. The summed E-state index contributed by atoms with van der Waals surface area (Å²) in [5.74, 6) is -1.16. The Balaban J connectivity index is 1.59. The third-order valence-corrected chi connectivity index (χ3v) is 5.72. The molecule has 1 aromatic heterocycles. The van der Waals surface area contributed by atoms with Crippen LogP contribution in [0.15, 0.2) is 91.0 Å². The van der Waals surface area contributed by atoms with Gasteiger partial charge in [-0.25, -0.2) is 5.48 Å². The highest BCUT2D eigenvalue weighted by atomic mass is 35.5. The van der Waals surface area contributed by atoms with E-state index in [9.17, 15) is 14.4 Å². The summed E-state index contributed by atoms with van der Waals surface area (Å²) in [6.07, 6.45) is 0. The highest BCUT2D eigenvalue weighted by molar-refractivity contribution is 6.30. The Labute approximate surface area is 206 Å². The molecule has 35 heavy (non-hydrogen) atoms. The van der Waals surface area contributed by atoms with Gasteiger partial charge in [0.2, 0.25) is 5.78 Å². The lowest BCUT2D eigenvalue weighted by molar-refractivity contribution is 0.0706. The number of carbonyl (C=O) groups is 3. The van der Waals surface area contributed by atoms with Gasteiger partial charge in [0, 0.05) is 29.2 Å². The second-order valence-corrected chi connectivity index (χ2v) is 8.27. The van der Waals surface area contributed by atoms with Gasteiger partial charge in [0.05, 0.1) is 5.69 Å². The number of aromatic nitrogens is 1. The Morgan fingerprint density at radius 3 is 2.14 bits per heavy atom. The van der Waals surface area contributed by atoms with Crippen LogP contribution in [0.3, 0.4) is 0 Å². The van der Waals surface area contributed by atoms with Crippen molar-refractivity contribution >= 4 is 29.2 Å². The molecule has 176 valence electrons. The molecule has 0 saturated heterocycles. The quantitative estimate of drug-likeness (QED) is 0.194. The van der Waals surface area contributed by atoms with Gasteiger partial charge in [-0.1, -0.05) is 66.2 Å². The average Bonchev–Trinajstić information content (AvgIpc) is 3.30. The molecule has 3 aromatic carbocycles. The molecule has 0 aliphatic heterocycles. The van der Waals surface area contributed by atoms with Crippen molar-refractivity contribution in [3.05, 3.63) is 130 Å². The molecule has 7 nitrogen and oxygen atoms in total. The van der Waals surface area contributed by atoms with Crippen molar-refractivity contribution in [3.63, 3.8) is 0 Å². The smallest absolute Gasteiger partial charge is 0.274 e. The molecule has 4 rings (SSSR count). The number of halogens is 1. The summed E-state index contributed by atoms with van der Waals surface area (Å²) >= 11 is 6.15. The molecule has 0 aliphatic rings. The highest BCUT2D eigenvalue weighted by Crippen LogP contribution is 2.19. The predicted octanol–water partition coefficient (Wildman–Crippen LogP) is 4.47. The van der Waals surface area contributed by atoms with Crippen LogP contribution in [0, 0.1) is 0 Å². The van der Waals surface area contributed by atoms with Crippen LogP contribution < -0.4 is 10.8 Å². The van der Waals surface area contributed by atoms with E-state index in [1.54, 1.807) is 82.8 Å². The van der Waals surface area contributed by atoms with Crippen molar-refractivity contribution < 1.29 is 19.6 Å². The van der Waals surface area contributed by atoms with Crippen LogP contribution in [-0.2, 0) is 13.1 Å². The molecule has 0 fully saturated rings. The van der Waals surface area contributed by atoms with Crippen LogP contribution in [0.4, 0.5) is 0 Å². The van der Waals surface area contributed by atoms with Crippen LogP contribution in [0.5, 0.6) is 0 Å². The summed E-state index contributed by atoms with van der Waals surface area (Å²) in [5.41, 5.74) is 4.73. The molecule has 0 spiro atoms. The van der Waals surface area contributed by atoms with Crippen LogP contribution in [0.1, 0.15) is 48.0 Å². The maximum absolute atomic E-state index is 13.2. The molecule has 0 unspecified atom stereocenters. The predicted molar refractivity (Wildman–Crippen MR) is 132 cm³/mol. The maximum Gasteiger partial charge on any atom is 0.274 e. The molecule has 1 heterocycles. The minimum absolute atomic E-state index is 0.190. The Morgan fingerprint density at radius 1 is 0.743 bits per heavy atom. The number of hydroxylamine groups is 1. The Kier molecular flexibility index (Phi) is 7.40. The fourth-order valence-corrected chi connectivity index (χ4v) is 3.91. The number of rotatable bonds is 8. The van der Waals surface area contributed by atoms with E-state index >= 15 is 0 Å². The maximum atomic E-state index is 13.2. The van der Waals surface area contributed by atoms with Crippen molar-refractivity contribution in [1.82, 2.24) is 15.4 Å². The van der Waals surface area contributed by atoms with E-state index in [0.717, 1.165) is 11.1 Å². The van der Waals surface area contributed by atoms with Gasteiger partial charge < -0.3 is 9.88 Å². The van der Waals surface area contributed by atoms with Crippen LogP contribution in [0.2, 0.25) is 5.02 Å². The monoisotopic (exact) mass is 487 g/mol. The molecule has 0 bridgehead atoms. The number of amides is 2. The van der Waals surface area contributed by atoms with Gasteiger partial charge >= 0.3 is 0 Å². The van der Waals surface area contributed by atoms with Crippen LogP contribution >= 0.6 is 11.6 Å². The van der Waals surface area contributed by atoms with Gasteiger partial charge in [0.1, 0.15) is 5.69 Å². The fraction of sp³-hybridized carbons (Fsp3) is 0.0741. The zero-order chi connectivity index (χ0) is 24.8. The highest BCUT2D eigenvalue weighted by Gasteiger charge is 2.21. The first-order valence-corrected chi connectivity index (χ1v) is 11.2. The van der Waals surface area contributed by atoms with E-state index in [4.69, 9.17) is 16.8 Å². The number of nitrogens with zero attached hydrogens (tertiary/aromatic N) is 1. The molecule has 3 N–H and O–H groups in total. The summed E-state index contributed by atoms with van der Waals surface area (Å²) in [4.78, 5) is 37.8. The zero-order valence-corrected chi connectivity index (χ0v) is 19.3. The van der Waals surface area contributed by atoms with Crippen molar-refractivity contribution in [2.75, 3.05) is 0 Å². The van der Waals surface area contributed by atoms with E-state index in [0.29, 0.717) is 27.5 Å². The molecular formula is C27H22ClN3O4. The summed E-state index contributed by atoms with van der Waals surface area (Å²) < 4.78 is 1.69. The largest absolute Gasteiger partial charge is 0.347 e. The first-order valence-electron chi connectivity index (χ1n) is 10.8. The van der Waals surface area contributed by atoms with Gasteiger partial charge in [0.15, 0.2) is 0 Å². The van der Waals surface area contributed by atoms with E-state index in [1.165, 1.54) is 0 Å². The lowest BCUT2D eigenvalue weighted by Crippen LogP contribution is -2.27. The van der Waals surface area contributed by atoms with E-state index in [1.807, 2.05) is 18.2 Å². The molecule has 4 aromatic rings. The third kappa shape index (κ3) is 5.66. The summed E-state index contributed by atoms with van der Waals surface area (Å²) in [6.45, 7) is 0.499. The van der Waals surface area contributed by atoms with Crippen molar-refractivity contribution in [2.24, 2.45) is 0 Å². The summed E-state index contributed by atoms with van der Waals surface area (Å²) in [6, 6.07) is 25.9. The standard InChI is InChI=1S/C27H22ClN3O4/c28-22-8-4-5-19(15-22)17-31-23(25(32)20-6-2-1-3-7-20)13-14-24(31)27(34)29-16-18-9-11-21(12-10-18)26(33)30-35/h1-15,35H,16-17H2,(H,29,34)(H,30,33). The topological polar surface area (TPSA) is 100 Å². The van der Waals surface area contributed by atoms with Gasteiger partial charge in [0.25, 0.3) is 11.8 Å². The van der Waals surface area contributed by atoms with Crippen molar-refractivity contribution in [2.45, 2.75) is 13.1 Å². The van der Waals surface area contributed by atoms with E-state index in [2.05, 4.69) is 5.32 Å². The van der Waals surface area contributed by atoms with Gasteiger partial charge in [-0.05, 0) is 47.5 Å². The Hall–Kier alpha value is -4.20. The Bertz CT molecular complexity index is 1360. The number of hydrogen-bond donors (Lipinski definition) is 3. The molecule has 0 radical (unpaired) electrons. The van der Waals surface area contributed by atoms with E-state index in [-0.39, 0.29) is 24.8 Å². The lowest BCUT2D eigenvalue weighted by Gasteiger charge is -2.14. The second-order valence-electron chi connectivity index (χ2n) is 7.84. The molecule has 0 atom stereocenters. The van der Waals surface area contributed by atoms with E-state index < -0.39 is 5.91 Å². The Morgan fingerprint density at radius 2 is 1.46 bits per heavy atom. The van der Waals surface area contributed by atoms with Crippen LogP contribution in [0.25, 0.3) is 0 Å². The average molecular weight is 488 g/mol. The van der Waals surface area contributed by atoms with Gasteiger partial charge in [-0.2, -0.15) is 0 Å². The van der Waals surface area contributed by atoms with Gasteiger partial charge in [-0.3, -0.25) is 19.6 Å². The molecular weight excluding hydrogens is 466 g/mol. The zero-order valence-electron chi connectivity index (χ0n) is 18.6. The normalized spacial score (nSPS) is 10.6.